The molecule has 1 amide bonds. The largest absolute Gasteiger partial charge is 0.473 e. The van der Waals surface area contributed by atoms with Crippen molar-refractivity contribution in [3.63, 3.8) is 0 Å². The second-order valence-electron chi connectivity index (χ2n) is 8.85. The molecule has 11 heteroatoms. The van der Waals surface area contributed by atoms with Crippen LogP contribution in [0.2, 0.25) is 0 Å². The van der Waals surface area contributed by atoms with Gasteiger partial charge in [0.2, 0.25) is 21.8 Å². The van der Waals surface area contributed by atoms with Gasteiger partial charge in [-0.15, -0.1) is 0 Å². The SMILES string of the molecule is NC/C(=C\F)COc1ccc(S(=O)(=O)N2CCC(C(=O)N3CCOCC3)(c3ccccc3)CC2)cn1. The summed E-state index contributed by atoms with van der Waals surface area (Å²) in [6.07, 6.45) is 2.36. The first-order chi connectivity index (χ1) is 17.4. The number of benzene rings is 1. The van der Waals surface area contributed by atoms with E-state index in [2.05, 4.69) is 4.98 Å². The number of rotatable bonds is 8. The van der Waals surface area contributed by atoms with E-state index in [0.29, 0.717) is 45.5 Å². The average molecular weight is 519 g/mol. The molecule has 1 aromatic heterocycles. The first kappa shape index (κ1) is 26.2. The average Bonchev–Trinajstić information content (AvgIpc) is 2.94. The fourth-order valence-electron chi connectivity index (χ4n) is 4.62. The molecule has 0 aliphatic carbocycles. The van der Waals surface area contributed by atoms with Crippen LogP contribution in [0.5, 0.6) is 5.88 Å². The van der Waals surface area contributed by atoms with E-state index in [-0.39, 0.29) is 48.5 Å². The van der Waals surface area contributed by atoms with Crippen LogP contribution in [0.15, 0.2) is 65.5 Å². The van der Waals surface area contributed by atoms with Gasteiger partial charge in [-0.25, -0.2) is 17.8 Å². The Morgan fingerprint density at radius 2 is 1.81 bits per heavy atom. The van der Waals surface area contributed by atoms with Gasteiger partial charge in [0, 0.05) is 44.4 Å². The number of nitrogens with two attached hydrogens (primary N) is 1. The third kappa shape index (κ3) is 5.44. The molecule has 36 heavy (non-hydrogen) atoms. The molecule has 2 saturated heterocycles. The monoisotopic (exact) mass is 518 g/mol. The van der Waals surface area contributed by atoms with Crippen LogP contribution in [0.3, 0.4) is 0 Å². The molecule has 0 bridgehead atoms. The predicted molar refractivity (Wildman–Crippen MR) is 131 cm³/mol. The minimum atomic E-state index is -3.82. The lowest BCUT2D eigenvalue weighted by atomic mass is 9.72. The molecule has 2 aliphatic heterocycles. The fourth-order valence-corrected chi connectivity index (χ4v) is 6.00. The smallest absolute Gasteiger partial charge is 0.244 e. The molecular formula is C25H31FN4O5S. The molecule has 0 atom stereocenters. The number of hydrogen-bond acceptors (Lipinski definition) is 7. The number of morpholine rings is 1. The Morgan fingerprint density at radius 1 is 1.11 bits per heavy atom. The molecule has 0 saturated carbocycles. The summed E-state index contributed by atoms with van der Waals surface area (Å²) < 4.78 is 51.5. The molecule has 0 spiro atoms. The number of sulfonamides is 1. The highest BCUT2D eigenvalue weighted by molar-refractivity contribution is 7.89. The number of ether oxygens (including phenoxy) is 2. The van der Waals surface area contributed by atoms with Crippen LogP contribution < -0.4 is 10.5 Å². The number of hydrogen-bond donors (Lipinski definition) is 1. The van der Waals surface area contributed by atoms with Gasteiger partial charge in [0.1, 0.15) is 11.5 Å². The number of piperidine rings is 1. The lowest BCUT2D eigenvalue weighted by molar-refractivity contribution is -0.143. The predicted octanol–water partition coefficient (Wildman–Crippen LogP) is 1.85. The number of carbonyl (C=O) groups excluding carboxylic acids is 1. The van der Waals surface area contributed by atoms with Gasteiger partial charge in [-0.2, -0.15) is 4.31 Å². The van der Waals surface area contributed by atoms with Gasteiger partial charge >= 0.3 is 0 Å². The molecular weight excluding hydrogens is 487 g/mol. The second kappa shape index (κ2) is 11.5. The van der Waals surface area contributed by atoms with E-state index in [0.717, 1.165) is 5.56 Å². The summed E-state index contributed by atoms with van der Waals surface area (Å²) in [7, 11) is -3.82. The van der Waals surface area contributed by atoms with Crippen molar-refractivity contribution in [2.75, 3.05) is 52.5 Å². The van der Waals surface area contributed by atoms with Crippen LogP contribution in [-0.4, -0.2) is 81.1 Å². The van der Waals surface area contributed by atoms with Crippen molar-refractivity contribution in [3.05, 3.63) is 66.1 Å². The van der Waals surface area contributed by atoms with Gasteiger partial charge in [0.05, 0.1) is 31.2 Å². The van der Waals surface area contributed by atoms with Crippen LogP contribution in [-0.2, 0) is 25.0 Å². The topological polar surface area (TPSA) is 115 Å². The number of aromatic nitrogens is 1. The van der Waals surface area contributed by atoms with Crippen molar-refractivity contribution in [1.29, 1.82) is 0 Å². The van der Waals surface area contributed by atoms with Gasteiger partial charge in [-0.1, -0.05) is 30.3 Å². The van der Waals surface area contributed by atoms with E-state index in [1.165, 1.54) is 22.6 Å². The summed E-state index contributed by atoms with van der Waals surface area (Å²) in [4.78, 5) is 19.7. The Morgan fingerprint density at radius 3 is 2.39 bits per heavy atom. The van der Waals surface area contributed by atoms with Crippen LogP contribution in [0.1, 0.15) is 18.4 Å². The highest BCUT2D eigenvalue weighted by Crippen LogP contribution is 2.39. The van der Waals surface area contributed by atoms with Crippen molar-refractivity contribution in [2.24, 2.45) is 5.73 Å². The summed E-state index contributed by atoms with van der Waals surface area (Å²) in [5.41, 5.74) is 5.78. The molecule has 3 heterocycles. The normalized spacial score (nSPS) is 19.2. The lowest BCUT2D eigenvalue weighted by Gasteiger charge is -2.43. The standard InChI is InChI=1S/C25H31FN4O5S/c26-16-20(17-27)19-35-23-7-6-22(18-28-23)36(32,33)30-10-8-25(9-11-30,21-4-2-1-3-5-21)24(31)29-12-14-34-15-13-29/h1-7,16,18H,8-15,17,19,27H2/b20-16+. The molecule has 2 fully saturated rings. The summed E-state index contributed by atoms with van der Waals surface area (Å²) >= 11 is 0. The molecule has 2 aliphatic rings. The first-order valence-corrected chi connectivity index (χ1v) is 13.3. The van der Waals surface area contributed by atoms with Gasteiger partial charge in [-0.05, 0) is 24.5 Å². The molecule has 4 rings (SSSR count). The number of halogens is 1. The first-order valence-electron chi connectivity index (χ1n) is 11.9. The van der Waals surface area contributed by atoms with Crippen molar-refractivity contribution in [3.8, 4) is 5.88 Å². The van der Waals surface area contributed by atoms with E-state index >= 15 is 0 Å². The van der Waals surface area contributed by atoms with E-state index in [1.54, 1.807) is 0 Å². The molecule has 9 nitrogen and oxygen atoms in total. The highest BCUT2D eigenvalue weighted by Gasteiger charge is 2.47. The maximum atomic E-state index is 13.7. The Balaban J connectivity index is 1.49. The Bertz CT molecular complexity index is 1160. The van der Waals surface area contributed by atoms with E-state index < -0.39 is 15.4 Å². The molecule has 2 aromatic rings. The Labute approximate surface area is 210 Å². The zero-order chi connectivity index (χ0) is 25.6. The van der Waals surface area contributed by atoms with Gasteiger partial charge in [0.15, 0.2) is 0 Å². The molecule has 0 radical (unpaired) electrons. The van der Waals surface area contributed by atoms with E-state index in [9.17, 15) is 17.6 Å². The van der Waals surface area contributed by atoms with E-state index in [4.69, 9.17) is 15.2 Å². The zero-order valence-corrected chi connectivity index (χ0v) is 20.8. The summed E-state index contributed by atoms with van der Waals surface area (Å²) in [6.45, 7) is 2.41. The quantitative estimate of drug-likeness (QED) is 0.567. The number of nitrogens with zero attached hydrogens (tertiary/aromatic N) is 3. The zero-order valence-electron chi connectivity index (χ0n) is 20.0. The third-order valence-corrected chi connectivity index (χ3v) is 8.66. The van der Waals surface area contributed by atoms with Crippen molar-refractivity contribution >= 4 is 15.9 Å². The van der Waals surface area contributed by atoms with Gasteiger partial charge in [-0.3, -0.25) is 4.79 Å². The molecule has 194 valence electrons. The van der Waals surface area contributed by atoms with Crippen molar-refractivity contribution in [1.82, 2.24) is 14.2 Å². The second-order valence-corrected chi connectivity index (χ2v) is 10.8. The molecule has 0 unspecified atom stereocenters. The molecule has 1 aromatic carbocycles. The number of carbonyl (C=O) groups is 1. The fraction of sp³-hybridized carbons (Fsp3) is 0.440. The summed E-state index contributed by atoms with van der Waals surface area (Å²) in [5, 5.41) is 0. The van der Waals surface area contributed by atoms with Crippen molar-refractivity contribution in [2.45, 2.75) is 23.2 Å². The van der Waals surface area contributed by atoms with Gasteiger partial charge in [0.25, 0.3) is 0 Å². The Kier molecular flexibility index (Phi) is 8.35. The van der Waals surface area contributed by atoms with Crippen LogP contribution >= 0.6 is 0 Å². The highest BCUT2D eigenvalue weighted by atomic mass is 32.2. The van der Waals surface area contributed by atoms with Crippen molar-refractivity contribution < 1.29 is 27.1 Å². The Hall–Kier alpha value is -2.86. The summed E-state index contributed by atoms with van der Waals surface area (Å²) in [6, 6.07) is 12.4. The van der Waals surface area contributed by atoms with Crippen LogP contribution in [0.4, 0.5) is 4.39 Å². The maximum Gasteiger partial charge on any atom is 0.244 e. The summed E-state index contributed by atoms with van der Waals surface area (Å²) in [5.74, 6) is 0.191. The van der Waals surface area contributed by atoms with E-state index in [1.807, 2.05) is 35.2 Å². The minimum absolute atomic E-state index is 0.0104. The third-order valence-electron chi connectivity index (χ3n) is 6.78. The lowest BCUT2D eigenvalue weighted by Crippen LogP contribution is -2.55. The number of amides is 1. The van der Waals surface area contributed by atoms with Crippen LogP contribution in [0.25, 0.3) is 0 Å². The minimum Gasteiger partial charge on any atom is -0.473 e. The maximum absolute atomic E-state index is 13.7. The van der Waals surface area contributed by atoms with Crippen LogP contribution in [0, 0.1) is 0 Å². The number of pyridine rings is 1. The van der Waals surface area contributed by atoms with Gasteiger partial charge < -0.3 is 20.1 Å². The molecule has 2 N–H and O–H groups in total.